The molecule has 0 heterocycles. The monoisotopic (exact) mass is 182 g/mol. The summed E-state index contributed by atoms with van der Waals surface area (Å²) in [6.45, 7) is 4.35. The molecule has 11 heavy (non-hydrogen) atoms. The Morgan fingerprint density at radius 3 is 2.27 bits per heavy atom. The van der Waals surface area contributed by atoms with Gasteiger partial charge in [0.25, 0.3) is 0 Å². The van der Waals surface area contributed by atoms with Crippen molar-refractivity contribution in [3.05, 3.63) is 0 Å². The molecule has 1 atom stereocenters. The van der Waals surface area contributed by atoms with Crippen LogP contribution in [0, 0.1) is 0 Å². The molecular weight excluding hydrogens is 165 g/mol. The van der Waals surface area contributed by atoms with Crippen molar-refractivity contribution in [2.24, 2.45) is 0 Å². The van der Waals surface area contributed by atoms with E-state index in [1.165, 1.54) is 6.66 Å². The molecule has 68 valence electrons. The number of quaternary nitrogens is 1. The predicted octanol–water partition coefficient (Wildman–Crippen LogP) is 0.872. The maximum Gasteiger partial charge on any atom is 0.329 e. The lowest BCUT2D eigenvalue weighted by atomic mass is 10.6. The maximum atomic E-state index is 10.7. The van der Waals surface area contributed by atoms with Crippen LogP contribution in [-0.4, -0.2) is 43.4 Å². The van der Waals surface area contributed by atoms with Crippen LogP contribution in [-0.2, 0) is 9.09 Å². The summed E-state index contributed by atoms with van der Waals surface area (Å²) in [5.74, 6) is 0. The van der Waals surface area contributed by atoms with E-state index >= 15 is 0 Å². The van der Waals surface area contributed by atoms with Crippen LogP contribution in [0.5, 0.6) is 0 Å². The van der Waals surface area contributed by atoms with Gasteiger partial charge in [-0.25, -0.2) is 0 Å². The maximum absolute atomic E-state index is 10.7. The molecule has 1 unspecified atom stereocenters. The zero-order chi connectivity index (χ0) is 9.12. The largest absolute Gasteiger partial charge is 0.329 e. The molecule has 0 fully saturated rings. The van der Waals surface area contributed by atoms with Gasteiger partial charge < -0.3 is 9.38 Å². The van der Waals surface area contributed by atoms with Crippen LogP contribution >= 0.6 is 7.60 Å². The van der Waals surface area contributed by atoms with Crippen molar-refractivity contribution in [2.45, 2.75) is 6.92 Å². The Kier molecular flexibility index (Phi) is 3.71. The summed E-state index contributed by atoms with van der Waals surface area (Å²) in [5, 5.41) is 0. The summed E-state index contributed by atoms with van der Waals surface area (Å²) in [6, 6.07) is 0. The zero-order valence-corrected chi connectivity index (χ0v) is 8.47. The van der Waals surface area contributed by atoms with E-state index in [1.807, 2.05) is 21.0 Å². The van der Waals surface area contributed by atoms with Gasteiger partial charge in [0.2, 0.25) is 0 Å². The second-order valence-electron chi connectivity index (χ2n) is 3.31. The van der Waals surface area contributed by atoms with Crippen LogP contribution < -0.4 is 0 Å². The Hall–Kier alpha value is 0.110. The highest BCUT2D eigenvalue weighted by atomic mass is 31.2. The zero-order valence-electron chi connectivity index (χ0n) is 7.57. The van der Waals surface area contributed by atoms with E-state index in [9.17, 15) is 4.57 Å². The minimum Gasteiger partial charge on any atom is -0.324 e. The first-order chi connectivity index (χ1) is 4.77. The lowest BCUT2D eigenvalue weighted by Crippen LogP contribution is -2.40. The summed E-state index contributed by atoms with van der Waals surface area (Å²) >= 11 is 0. The average molecular weight is 182 g/mol. The average Bonchev–Trinajstić information content (AvgIpc) is 1.83. The molecule has 0 aliphatic rings. The fourth-order valence-corrected chi connectivity index (χ4v) is 0.882. The standard InChI is InChI=1S/C6H16NO3P/c1-5-7(2,3)6-10-11(4,8)9/h5-6H2,1-4H3/p+1. The minimum atomic E-state index is -3.29. The molecule has 0 spiro atoms. The minimum absolute atomic E-state index is 0.279. The van der Waals surface area contributed by atoms with Crippen LogP contribution in [0.25, 0.3) is 0 Å². The first-order valence-electron chi connectivity index (χ1n) is 3.54. The Morgan fingerprint density at radius 1 is 1.55 bits per heavy atom. The van der Waals surface area contributed by atoms with E-state index in [0.29, 0.717) is 4.48 Å². The van der Waals surface area contributed by atoms with Gasteiger partial charge in [-0.2, -0.15) is 0 Å². The van der Waals surface area contributed by atoms with Crippen LogP contribution in [0.2, 0.25) is 0 Å². The van der Waals surface area contributed by atoms with Crippen LogP contribution in [0.15, 0.2) is 0 Å². The van der Waals surface area contributed by atoms with Gasteiger partial charge in [0.05, 0.1) is 20.6 Å². The van der Waals surface area contributed by atoms with Crippen molar-refractivity contribution in [2.75, 3.05) is 34.0 Å². The van der Waals surface area contributed by atoms with Crippen molar-refractivity contribution >= 4 is 7.60 Å². The van der Waals surface area contributed by atoms with Crippen molar-refractivity contribution in [3.8, 4) is 0 Å². The van der Waals surface area contributed by atoms with Crippen molar-refractivity contribution in [3.63, 3.8) is 0 Å². The first-order valence-corrected chi connectivity index (χ1v) is 5.56. The quantitative estimate of drug-likeness (QED) is 0.398. The molecule has 0 radical (unpaired) electrons. The van der Waals surface area contributed by atoms with Crippen molar-refractivity contribution < 1.29 is 18.5 Å². The Balaban J connectivity index is 3.80. The van der Waals surface area contributed by atoms with Gasteiger partial charge in [-0.05, 0) is 6.92 Å². The smallest absolute Gasteiger partial charge is 0.324 e. The van der Waals surface area contributed by atoms with Gasteiger partial charge in [-0.1, -0.05) is 0 Å². The highest BCUT2D eigenvalue weighted by Crippen LogP contribution is 2.36. The van der Waals surface area contributed by atoms with Gasteiger partial charge in [0.15, 0.2) is 6.73 Å². The van der Waals surface area contributed by atoms with E-state index in [2.05, 4.69) is 0 Å². The predicted molar refractivity (Wildman–Crippen MR) is 44.4 cm³/mol. The van der Waals surface area contributed by atoms with Gasteiger partial charge in [0, 0.05) is 6.66 Å². The molecule has 0 amide bonds. The molecule has 1 N–H and O–H groups in total. The third-order valence-corrected chi connectivity index (χ3v) is 2.10. The second kappa shape index (κ2) is 3.68. The second-order valence-corrected chi connectivity index (χ2v) is 5.18. The highest BCUT2D eigenvalue weighted by Gasteiger charge is 2.18. The molecule has 0 aliphatic carbocycles. The molecular formula is C6H17NO3P+. The van der Waals surface area contributed by atoms with Gasteiger partial charge in [-0.15, -0.1) is 0 Å². The number of nitrogens with zero attached hydrogens (tertiary/aromatic N) is 1. The Morgan fingerprint density at radius 2 is 2.00 bits per heavy atom. The van der Waals surface area contributed by atoms with Crippen molar-refractivity contribution in [1.29, 1.82) is 0 Å². The summed E-state index contributed by atoms with van der Waals surface area (Å²) < 4.78 is 16.1. The number of hydrogen-bond donors (Lipinski definition) is 1. The summed E-state index contributed by atoms with van der Waals surface area (Å²) in [7, 11) is 0.589. The first kappa shape index (κ1) is 11.1. The molecule has 0 aromatic rings. The Bertz CT molecular complexity index is 163. The van der Waals surface area contributed by atoms with Crippen molar-refractivity contribution in [1.82, 2.24) is 0 Å². The van der Waals surface area contributed by atoms with Crippen LogP contribution in [0.4, 0.5) is 0 Å². The number of hydrogen-bond acceptors (Lipinski definition) is 2. The fraction of sp³-hybridized carbons (Fsp3) is 1.00. The normalized spacial score (nSPS) is 17.9. The van der Waals surface area contributed by atoms with E-state index in [1.54, 1.807) is 0 Å². The van der Waals surface area contributed by atoms with Gasteiger partial charge >= 0.3 is 7.60 Å². The molecule has 0 bridgehead atoms. The molecule has 0 aromatic carbocycles. The third-order valence-electron chi connectivity index (χ3n) is 1.50. The lowest BCUT2D eigenvalue weighted by Gasteiger charge is -2.27. The molecule has 0 aromatic heterocycles. The van der Waals surface area contributed by atoms with E-state index in [4.69, 9.17) is 9.42 Å². The molecule has 4 nitrogen and oxygen atoms in total. The van der Waals surface area contributed by atoms with Gasteiger partial charge in [0.1, 0.15) is 0 Å². The number of rotatable bonds is 4. The molecule has 0 saturated carbocycles. The highest BCUT2D eigenvalue weighted by molar-refractivity contribution is 7.51. The third kappa shape index (κ3) is 6.51. The van der Waals surface area contributed by atoms with E-state index < -0.39 is 7.60 Å². The topological polar surface area (TPSA) is 46.5 Å². The summed E-state index contributed by atoms with van der Waals surface area (Å²) in [5.41, 5.74) is 0. The van der Waals surface area contributed by atoms with E-state index in [-0.39, 0.29) is 6.73 Å². The molecule has 0 saturated heterocycles. The van der Waals surface area contributed by atoms with Gasteiger partial charge in [-0.3, -0.25) is 9.09 Å². The summed E-state index contributed by atoms with van der Waals surface area (Å²) in [6.07, 6.45) is 0. The lowest BCUT2D eigenvalue weighted by molar-refractivity contribution is -0.904. The molecule has 5 heteroatoms. The van der Waals surface area contributed by atoms with Crippen LogP contribution in [0.1, 0.15) is 6.92 Å². The Labute approximate surface area is 67.9 Å². The molecule has 0 aliphatic heterocycles. The fourth-order valence-electron chi connectivity index (χ4n) is 0.355. The van der Waals surface area contributed by atoms with E-state index in [0.717, 1.165) is 6.54 Å². The summed E-state index contributed by atoms with van der Waals surface area (Å²) in [4.78, 5) is 8.80. The SMILES string of the molecule is CC[N+](C)(C)COP(C)(=O)O. The molecule has 0 rings (SSSR count). The van der Waals surface area contributed by atoms with Crippen LogP contribution in [0.3, 0.4) is 0 Å².